The van der Waals surface area contributed by atoms with Crippen molar-refractivity contribution in [2.24, 2.45) is 0 Å². The average molecular weight is 552 g/mol. The molecule has 0 amide bonds. The molecule has 0 saturated carbocycles. The number of nitrogens with one attached hydrogen (secondary N) is 1. The van der Waals surface area contributed by atoms with Crippen molar-refractivity contribution >= 4 is 23.6 Å². The standard InChI is InChI=1S/C30H33NO9/c1-34-24-14-19(15-25(35-2)29(24)39-6)9-8-18-12-21(28(38-5)23(33)13-18)31-11-10-22(32)20-16-26(36-3)30(40-7)27(17-20)37-4/h8-17,31,33H,1-7H3. The molecule has 0 aromatic heterocycles. The normalized spacial score (nSPS) is 10.9. The van der Waals surface area contributed by atoms with Crippen LogP contribution in [-0.4, -0.2) is 60.7 Å². The number of anilines is 1. The minimum Gasteiger partial charge on any atom is -0.504 e. The maximum absolute atomic E-state index is 12.9. The number of hydrogen-bond acceptors (Lipinski definition) is 10. The van der Waals surface area contributed by atoms with E-state index in [0.29, 0.717) is 51.3 Å². The Morgan fingerprint density at radius 2 is 1.07 bits per heavy atom. The van der Waals surface area contributed by atoms with Crippen molar-refractivity contribution in [3.05, 3.63) is 65.4 Å². The number of allylic oxidation sites excluding steroid dienone is 1. The molecule has 0 aliphatic carbocycles. The van der Waals surface area contributed by atoms with Gasteiger partial charge in [-0.3, -0.25) is 4.79 Å². The molecule has 0 aliphatic heterocycles. The van der Waals surface area contributed by atoms with Crippen LogP contribution < -0.4 is 38.5 Å². The number of phenols is 1. The van der Waals surface area contributed by atoms with Crippen molar-refractivity contribution in [3.63, 3.8) is 0 Å². The van der Waals surface area contributed by atoms with Crippen LogP contribution in [-0.2, 0) is 0 Å². The molecule has 3 aromatic rings. The molecule has 0 spiro atoms. The Morgan fingerprint density at radius 1 is 0.625 bits per heavy atom. The van der Waals surface area contributed by atoms with E-state index in [1.807, 2.05) is 6.08 Å². The highest BCUT2D eigenvalue weighted by molar-refractivity contribution is 6.05. The monoisotopic (exact) mass is 551 g/mol. The van der Waals surface area contributed by atoms with Gasteiger partial charge in [0.15, 0.2) is 40.3 Å². The van der Waals surface area contributed by atoms with Gasteiger partial charge in [0.1, 0.15) is 0 Å². The van der Waals surface area contributed by atoms with E-state index >= 15 is 0 Å². The first-order chi connectivity index (χ1) is 19.3. The van der Waals surface area contributed by atoms with Crippen LogP contribution in [0.15, 0.2) is 48.7 Å². The summed E-state index contributed by atoms with van der Waals surface area (Å²) in [5.41, 5.74) is 2.24. The first-order valence-electron chi connectivity index (χ1n) is 12.0. The van der Waals surface area contributed by atoms with Crippen molar-refractivity contribution in [1.82, 2.24) is 0 Å². The van der Waals surface area contributed by atoms with Crippen LogP contribution in [0.5, 0.6) is 46.0 Å². The predicted molar refractivity (Wildman–Crippen MR) is 153 cm³/mol. The summed E-state index contributed by atoms with van der Waals surface area (Å²) >= 11 is 0. The molecule has 10 nitrogen and oxygen atoms in total. The molecular formula is C30H33NO9. The maximum atomic E-state index is 12.9. The van der Waals surface area contributed by atoms with E-state index in [0.717, 1.165) is 5.56 Å². The van der Waals surface area contributed by atoms with Crippen LogP contribution in [0.2, 0.25) is 0 Å². The number of methoxy groups -OCH3 is 7. The zero-order valence-electron chi connectivity index (χ0n) is 23.5. The molecular weight excluding hydrogens is 518 g/mol. The number of ether oxygens (including phenoxy) is 7. The van der Waals surface area contributed by atoms with Gasteiger partial charge >= 0.3 is 0 Å². The highest BCUT2D eigenvalue weighted by Gasteiger charge is 2.16. The van der Waals surface area contributed by atoms with Gasteiger partial charge in [-0.1, -0.05) is 12.2 Å². The molecule has 10 heteroatoms. The third-order valence-corrected chi connectivity index (χ3v) is 5.87. The van der Waals surface area contributed by atoms with Gasteiger partial charge in [-0.05, 0) is 47.5 Å². The average Bonchev–Trinajstić information content (AvgIpc) is 2.98. The number of benzene rings is 3. The lowest BCUT2D eigenvalue weighted by Crippen LogP contribution is -2.01. The Balaban J connectivity index is 1.87. The fourth-order valence-corrected chi connectivity index (χ4v) is 3.97. The van der Waals surface area contributed by atoms with E-state index in [1.54, 1.807) is 56.7 Å². The SMILES string of the molecule is COc1cc(C=Cc2cc(O)c(OC)c(NC=CC(=O)c3cc(OC)c(OC)c(OC)c3)c2)cc(OC)c1OC. The molecule has 2 N–H and O–H groups in total. The highest BCUT2D eigenvalue weighted by atomic mass is 16.5. The third-order valence-electron chi connectivity index (χ3n) is 5.87. The van der Waals surface area contributed by atoms with Crippen LogP contribution in [0.3, 0.4) is 0 Å². The fourth-order valence-electron chi connectivity index (χ4n) is 3.97. The van der Waals surface area contributed by atoms with Crippen molar-refractivity contribution in [3.8, 4) is 46.0 Å². The number of hydrogen-bond donors (Lipinski definition) is 2. The van der Waals surface area contributed by atoms with Crippen LogP contribution in [0.1, 0.15) is 21.5 Å². The second-order valence-electron chi connectivity index (χ2n) is 8.17. The van der Waals surface area contributed by atoms with Crippen LogP contribution in [0.25, 0.3) is 12.2 Å². The summed E-state index contributed by atoms with van der Waals surface area (Å²) in [4.78, 5) is 12.9. The molecule has 0 heterocycles. The second-order valence-corrected chi connectivity index (χ2v) is 8.17. The molecule has 40 heavy (non-hydrogen) atoms. The molecule has 3 aromatic carbocycles. The van der Waals surface area contributed by atoms with Crippen LogP contribution >= 0.6 is 0 Å². The minimum absolute atomic E-state index is 0.0820. The summed E-state index contributed by atoms with van der Waals surface area (Å²) < 4.78 is 37.5. The van der Waals surface area contributed by atoms with Gasteiger partial charge in [-0.2, -0.15) is 0 Å². The molecule has 0 radical (unpaired) electrons. The first-order valence-corrected chi connectivity index (χ1v) is 12.0. The molecule has 0 fully saturated rings. The van der Waals surface area contributed by atoms with Gasteiger partial charge < -0.3 is 43.6 Å². The number of rotatable bonds is 13. The Hall–Kier alpha value is -4.99. The van der Waals surface area contributed by atoms with Crippen molar-refractivity contribution in [1.29, 1.82) is 0 Å². The van der Waals surface area contributed by atoms with Crippen LogP contribution in [0.4, 0.5) is 5.69 Å². The number of carbonyl (C=O) groups excluding carboxylic acids is 1. The van der Waals surface area contributed by atoms with Gasteiger partial charge in [0.2, 0.25) is 11.5 Å². The van der Waals surface area contributed by atoms with E-state index in [1.165, 1.54) is 47.8 Å². The minimum atomic E-state index is -0.312. The highest BCUT2D eigenvalue weighted by Crippen LogP contribution is 2.40. The van der Waals surface area contributed by atoms with Gasteiger partial charge in [0.05, 0.1) is 55.5 Å². The van der Waals surface area contributed by atoms with Gasteiger partial charge in [-0.25, -0.2) is 0 Å². The van der Waals surface area contributed by atoms with Gasteiger partial charge in [0, 0.05) is 17.8 Å². The Morgan fingerprint density at radius 3 is 1.52 bits per heavy atom. The quantitative estimate of drug-likeness (QED) is 0.162. The number of ketones is 1. The molecule has 0 aliphatic rings. The molecule has 212 valence electrons. The van der Waals surface area contributed by atoms with E-state index in [9.17, 15) is 9.90 Å². The summed E-state index contributed by atoms with van der Waals surface area (Å²) in [5.74, 6) is 2.47. The fraction of sp³-hybridized carbons (Fsp3) is 0.233. The lowest BCUT2D eigenvalue weighted by molar-refractivity contribution is 0.104. The van der Waals surface area contributed by atoms with Crippen molar-refractivity contribution in [2.75, 3.05) is 55.1 Å². The molecule has 3 rings (SSSR count). The molecule has 0 saturated heterocycles. The van der Waals surface area contributed by atoms with Crippen molar-refractivity contribution in [2.45, 2.75) is 0 Å². The van der Waals surface area contributed by atoms with Crippen molar-refractivity contribution < 1.29 is 43.1 Å². The smallest absolute Gasteiger partial charge is 0.203 e. The second kappa shape index (κ2) is 13.7. The summed E-state index contributed by atoms with van der Waals surface area (Å²) in [6.07, 6.45) is 6.43. The van der Waals surface area contributed by atoms with E-state index in [2.05, 4.69) is 5.32 Å². The summed E-state index contributed by atoms with van der Waals surface area (Å²) in [6, 6.07) is 10.1. The third kappa shape index (κ3) is 6.52. The molecule has 0 unspecified atom stereocenters. The molecule has 0 bridgehead atoms. The molecule has 0 atom stereocenters. The predicted octanol–water partition coefficient (Wildman–Crippen LogP) is 5.43. The lowest BCUT2D eigenvalue weighted by atomic mass is 10.1. The van der Waals surface area contributed by atoms with E-state index < -0.39 is 0 Å². The Kier molecular flexibility index (Phi) is 10.1. The van der Waals surface area contributed by atoms with E-state index in [-0.39, 0.29) is 17.3 Å². The zero-order chi connectivity index (χ0) is 29.2. The Labute approximate surface area is 233 Å². The largest absolute Gasteiger partial charge is 0.504 e. The number of aromatic hydroxyl groups is 1. The zero-order valence-corrected chi connectivity index (χ0v) is 23.5. The first kappa shape index (κ1) is 29.6. The summed E-state index contributed by atoms with van der Waals surface area (Å²) in [6.45, 7) is 0. The Bertz CT molecular complexity index is 1360. The summed E-state index contributed by atoms with van der Waals surface area (Å²) in [7, 11) is 10.5. The number of carbonyl (C=O) groups is 1. The van der Waals surface area contributed by atoms with E-state index in [4.69, 9.17) is 33.2 Å². The van der Waals surface area contributed by atoms with Crippen LogP contribution in [0, 0.1) is 0 Å². The van der Waals surface area contributed by atoms with Gasteiger partial charge in [0.25, 0.3) is 0 Å². The summed E-state index contributed by atoms with van der Waals surface area (Å²) in [5, 5.41) is 13.6. The lowest BCUT2D eigenvalue weighted by Gasteiger charge is -2.13. The van der Waals surface area contributed by atoms with Gasteiger partial charge in [-0.15, -0.1) is 0 Å². The topological polar surface area (TPSA) is 114 Å². The maximum Gasteiger partial charge on any atom is 0.203 e. The number of phenolic OH excluding ortho intramolecular Hbond substituents is 1.